The predicted octanol–water partition coefficient (Wildman–Crippen LogP) is 2.13. The van der Waals surface area contributed by atoms with Crippen LogP contribution in [0.3, 0.4) is 0 Å². The maximum atomic E-state index is 10.7. The van der Waals surface area contributed by atoms with Gasteiger partial charge in [-0.15, -0.1) is 0 Å². The number of benzene rings is 1. The van der Waals surface area contributed by atoms with Crippen molar-refractivity contribution in [3.63, 3.8) is 0 Å². The van der Waals surface area contributed by atoms with Gasteiger partial charge in [0.15, 0.2) is 5.88 Å². The third-order valence-electron chi connectivity index (χ3n) is 2.91. The summed E-state index contributed by atoms with van der Waals surface area (Å²) in [5, 5.41) is 0. The van der Waals surface area contributed by atoms with Crippen LogP contribution < -0.4 is 4.74 Å². The minimum Gasteiger partial charge on any atom is -0.441 e. The van der Waals surface area contributed by atoms with Crippen molar-refractivity contribution in [2.75, 3.05) is 6.67 Å². The minimum atomic E-state index is 0.574. The van der Waals surface area contributed by atoms with Crippen LogP contribution in [-0.4, -0.2) is 24.1 Å². The van der Waals surface area contributed by atoms with E-state index >= 15 is 0 Å². The predicted molar refractivity (Wildman–Crippen MR) is 68.6 cm³/mol. The van der Waals surface area contributed by atoms with E-state index in [-0.39, 0.29) is 0 Å². The third kappa shape index (κ3) is 1.93. The van der Waals surface area contributed by atoms with E-state index in [0.717, 1.165) is 29.9 Å². The van der Waals surface area contributed by atoms with Gasteiger partial charge in [-0.1, -0.05) is 0 Å². The minimum absolute atomic E-state index is 0.574. The molecule has 2 aliphatic heterocycles. The van der Waals surface area contributed by atoms with Crippen molar-refractivity contribution in [1.29, 1.82) is 0 Å². The summed E-state index contributed by atoms with van der Waals surface area (Å²) >= 11 is 0. The van der Waals surface area contributed by atoms with Crippen LogP contribution in [0, 0.1) is 0 Å². The number of allylic oxidation sites excluding steroid dienone is 2. The molecule has 1 aromatic rings. The summed E-state index contributed by atoms with van der Waals surface area (Å²) in [5.74, 6) is 1.59. The van der Waals surface area contributed by atoms with Crippen LogP contribution in [0.5, 0.6) is 5.75 Å². The molecule has 0 spiro atoms. The first-order chi connectivity index (χ1) is 8.86. The summed E-state index contributed by atoms with van der Waals surface area (Å²) in [5.41, 5.74) is 1.71. The number of carbonyl (C=O) groups excluding carboxylic acids is 1. The van der Waals surface area contributed by atoms with E-state index in [2.05, 4.69) is 4.99 Å². The molecule has 0 amide bonds. The van der Waals surface area contributed by atoms with E-state index < -0.39 is 0 Å². The first-order valence-electron chi connectivity index (χ1n) is 5.76. The fraction of sp³-hybridized carbons (Fsp3) is 0.143. The van der Waals surface area contributed by atoms with Gasteiger partial charge in [-0.2, -0.15) is 0 Å². The second kappa shape index (κ2) is 4.49. The molecule has 18 heavy (non-hydrogen) atoms. The molecule has 90 valence electrons. The average molecular weight is 240 g/mol. The SMILES string of the molecule is O=Cc1ccc2c(c1)CC=C(N1C=CC=NC1)O2. The van der Waals surface area contributed by atoms with Gasteiger partial charge in [0, 0.05) is 18.0 Å². The van der Waals surface area contributed by atoms with Gasteiger partial charge < -0.3 is 4.74 Å². The topological polar surface area (TPSA) is 41.9 Å². The Morgan fingerprint density at radius 3 is 3.11 bits per heavy atom. The van der Waals surface area contributed by atoms with E-state index in [1.54, 1.807) is 12.3 Å². The number of aliphatic imine (C=N–C) groups is 1. The lowest BCUT2D eigenvalue weighted by Crippen LogP contribution is -2.24. The van der Waals surface area contributed by atoms with E-state index in [1.165, 1.54) is 0 Å². The van der Waals surface area contributed by atoms with Gasteiger partial charge >= 0.3 is 0 Å². The molecule has 0 saturated heterocycles. The Morgan fingerprint density at radius 2 is 2.33 bits per heavy atom. The smallest absolute Gasteiger partial charge is 0.197 e. The summed E-state index contributed by atoms with van der Waals surface area (Å²) < 4.78 is 5.82. The molecule has 0 fully saturated rings. The summed E-state index contributed by atoms with van der Waals surface area (Å²) in [6, 6.07) is 5.46. The second-order valence-corrected chi connectivity index (χ2v) is 4.12. The van der Waals surface area contributed by atoms with E-state index in [4.69, 9.17) is 4.74 Å². The lowest BCUT2D eigenvalue weighted by atomic mass is 10.1. The molecule has 1 aromatic carbocycles. The Hall–Kier alpha value is -2.36. The average Bonchev–Trinajstić information content (AvgIpc) is 2.47. The van der Waals surface area contributed by atoms with Crippen molar-refractivity contribution in [2.24, 2.45) is 4.99 Å². The molecule has 0 N–H and O–H groups in total. The van der Waals surface area contributed by atoms with Gasteiger partial charge in [-0.25, -0.2) is 0 Å². The van der Waals surface area contributed by atoms with E-state index in [0.29, 0.717) is 12.2 Å². The number of rotatable bonds is 2. The largest absolute Gasteiger partial charge is 0.441 e. The number of ether oxygens (including phenoxy) is 1. The van der Waals surface area contributed by atoms with E-state index in [9.17, 15) is 4.79 Å². The highest BCUT2D eigenvalue weighted by atomic mass is 16.5. The molecule has 2 aliphatic rings. The number of nitrogens with zero attached hydrogens (tertiary/aromatic N) is 2. The molecule has 0 aromatic heterocycles. The van der Waals surface area contributed by atoms with Gasteiger partial charge in [-0.05, 0) is 42.3 Å². The zero-order chi connectivity index (χ0) is 12.4. The van der Waals surface area contributed by atoms with Gasteiger partial charge in [-0.3, -0.25) is 14.7 Å². The molecule has 0 bridgehead atoms. The van der Waals surface area contributed by atoms with Crippen LogP contribution in [0.2, 0.25) is 0 Å². The van der Waals surface area contributed by atoms with Crippen LogP contribution in [0.1, 0.15) is 15.9 Å². The molecule has 0 atom stereocenters. The molecular weight excluding hydrogens is 228 g/mol. The highest BCUT2D eigenvalue weighted by Gasteiger charge is 2.17. The summed E-state index contributed by atoms with van der Waals surface area (Å²) in [6.07, 6.45) is 9.19. The molecule has 0 unspecified atom stereocenters. The summed E-state index contributed by atoms with van der Waals surface area (Å²) in [4.78, 5) is 16.8. The van der Waals surface area contributed by atoms with Crippen LogP contribution in [0.25, 0.3) is 0 Å². The first kappa shape index (κ1) is 10.8. The Kier molecular flexibility index (Phi) is 2.68. The molecule has 3 rings (SSSR count). The normalized spacial score (nSPS) is 16.9. The lowest BCUT2D eigenvalue weighted by molar-refractivity contribution is 0.112. The Bertz CT molecular complexity index is 573. The fourth-order valence-electron chi connectivity index (χ4n) is 1.99. The van der Waals surface area contributed by atoms with Crippen LogP contribution >= 0.6 is 0 Å². The zero-order valence-corrected chi connectivity index (χ0v) is 9.74. The van der Waals surface area contributed by atoms with Crippen molar-refractivity contribution < 1.29 is 9.53 Å². The van der Waals surface area contributed by atoms with Crippen molar-refractivity contribution in [1.82, 2.24) is 4.90 Å². The van der Waals surface area contributed by atoms with Gasteiger partial charge in [0.05, 0.1) is 0 Å². The maximum Gasteiger partial charge on any atom is 0.197 e. The highest BCUT2D eigenvalue weighted by Crippen LogP contribution is 2.28. The monoisotopic (exact) mass is 240 g/mol. The molecule has 4 heteroatoms. The number of hydrogen-bond acceptors (Lipinski definition) is 4. The standard InChI is InChI=1S/C14H12N2O2/c17-9-11-2-4-13-12(8-11)3-5-14(18-13)16-7-1-6-15-10-16/h1-2,4-9H,3,10H2. The quantitative estimate of drug-likeness (QED) is 0.744. The van der Waals surface area contributed by atoms with E-state index in [1.807, 2.05) is 35.4 Å². The molecule has 4 nitrogen and oxygen atoms in total. The number of fused-ring (bicyclic) bond motifs is 1. The highest BCUT2D eigenvalue weighted by molar-refractivity contribution is 5.75. The van der Waals surface area contributed by atoms with Crippen molar-refractivity contribution in [2.45, 2.75) is 6.42 Å². The number of hydrogen-bond donors (Lipinski definition) is 0. The van der Waals surface area contributed by atoms with Crippen LogP contribution in [0.15, 0.2) is 47.4 Å². The third-order valence-corrected chi connectivity index (χ3v) is 2.91. The molecule has 0 aliphatic carbocycles. The maximum absolute atomic E-state index is 10.7. The van der Waals surface area contributed by atoms with Crippen LogP contribution in [-0.2, 0) is 6.42 Å². The fourth-order valence-corrected chi connectivity index (χ4v) is 1.99. The lowest BCUT2D eigenvalue weighted by Gasteiger charge is -2.26. The van der Waals surface area contributed by atoms with Gasteiger partial charge in [0.1, 0.15) is 18.7 Å². The summed E-state index contributed by atoms with van der Waals surface area (Å²) in [6.45, 7) is 0.574. The molecule has 0 radical (unpaired) electrons. The summed E-state index contributed by atoms with van der Waals surface area (Å²) in [7, 11) is 0. The van der Waals surface area contributed by atoms with Crippen molar-refractivity contribution in [3.05, 3.63) is 53.6 Å². The molecule has 2 heterocycles. The Labute approximate surface area is 105 Å². The second-order valence-electron chi connectivity index (χ2n) is 4.12. The number of carbonyl (C=O) groups is 1. The number of aldehydes is 1. The van der Waals surface area contributed by atoms with Gasteiger partial charge in [0.25, 0.3) is 0 Å². The Morgan fingerprint density at radius 1 is 1.39 bits per heavy atom. The van der Waals surface area contributed by atoms with Crippen molar-refractivity contribution in [3.8, 4) is 5.75 Å². The first-order valence-corrected chi connectivity index (χ1v) is 5.76. The molecule has 0 saturated carbocycles. The van der Waals surface area contributed by atoms with Crippen molar-refractivity contribution >= 4 is 12.5 Å². The van der Waals surface area contributed by atoms with Gasteiger partial charge in [0.2, 0.25) is 0 Å². The zero-order valence-electron chi connectivity index (χ0n) is 9.74. The van der Waals surface area contributed by atoms with Crippen LogP contribution in [0.4, 0.5) is 0 Å². The Balaban J connectivity index is 1.84. The molecular formula is C14H12N2O2.